The lowest BCUT2D eigenvalue weighted by atomic mass is 10.1. The molecule has 0 spiro atoms. The number of ether oxygens (including phenoxy) is 1. The standard InChI is InChI=1S/C11H16O9P2/c1-9(12)18-11(8-7-10-5-3-2-4-6-10)19-22(16,17)20-21(13,14)15/h2-6,11H,7-8H2,1H3,(H,16,17)(H2,13,14,15). The Balaban J connectivity index is 2.70. The third kappa shape index (κ3) is 8.41. The Morgan fingerprint density at radius 3 is 2.27 bits per heavy atom. The molecule has 0 aliphatic heterocycles. The maximum atomic E-state index is 11.5. The predicted octanol–water partition coefficient (Wildman–Crippen LogP) is 1.73. The van der Waals surface area contributed by atoms with E-state index in [-0.39, 0.29) is 6.42 Å². The minimum absolute atomic E-state index is 0.00133. The van der Waals surface area contributed by atoms with Crippen LogP contribution in [-0.2, 0) is 33.9 Å². The van der Waals surface area contributed by atoms with Crippen LogP contribution in [0.25, 0.3) is 0 Å². The minimum atomic E-state index is -5.23. The van der Waals surface area contributed by atoms with Gasteiger partial charge in [0.1, 0.15) is 0 Å². The molecule has 9 nitrogen and oxygen atoms in total. The fraction of sp³-hybridized carbons (Fsp3) is 0.364. The van der Waals surface area contributed by atoms with E-state index in [9.17, 15) is 18.8 Å². The fourth-order valence-electron chi connectivity index (χ4n) is 1.55. The number of rotatable bonds is 8. The van der Waals surface area contributed by atoms with Crippen LogP contribution in [0.3, 0.4) is 0 Å². The first-order chi connectivity index (χ1) is 10.1. The summed E-state index contributed by atoms with van der Waals surface area (Å²) in [6, 6.07) is 8.94. The number of esters is 1. The first-order valence-electron chi connectivity index (χ1n) is 6.07. The summed E-state index contributed by atoms with van der Waals surface area (Å²) in [5.74, 6) is -0.783. The number of benzene rings is 1. The van der Waals surface area contributed by atoms with E-state index in [4.69, 9.17) is 14.5 Å². The molecule has 0 fully saturated rings. The second kappa shape index (κ2) is 7.99. The van der Waals surface area contributed by atoms with Crippen molar-refractivity contribution in [3.05, 3.63) is 35.9 Å². The molecule has 0 saturated heterocycles. The van der Waals surface area contributed by atoms with Crippen LogP contribution < -0.4 is 0 Å². The highest BCUT2D eigenvalue weighted by atomic mass is 31.3. The van der Waals surface area contributed by atoms with Gasteiger partial charge < -0.3 is 19.4 Å². The highest BCUT2D eigenvalue weighted by molar-refractivity contribution is 7.60. The molecular weight excluding hydrogens is 338 g/mol. The smallest absolute Gasteiger partial charge is 0.435 e. The Bertz CT molecular complexity index is 582. The maximum absolute atomic E-state index is 11.5. The summed E-state index contributed by atoms with van der Waals surface area (Å²) in [6.45, 7) is 1.06. The van der Waals surface area contributed by atoms with Gasteiger partial charge in [0, 0.05) is 13.3 Å². The first-order valence-corrected chi connectivity index (χ1v) is 9.09. The zero-order valence-electron chi connectivity index (χ0n) is 11.6. The molecule has 0 saturated carbocycles. The van der Waals surface area contributed by atoms with Gasteiger partial charge >= 0.3 is 21.6 Å². The first kappa shape index (κ1) is 19.0. The van der Waals surface area contributed by atoms with Crippen LogP contribution in [0.15, 0.2) is 30.3 Å². The lowest BCUT2D eigenvalue weighted by Crippen LogP contribution is -2.20. The van der Waals surface area contributed by atoms with E-state index in [1.54, 1.807) is 30.3 Å². The van der Waals surface area contributed by atoms with Gasteiger partial charge in [-0.15, -0.1) is 0 Å². The van der Waals surface area contributed by atoms with Crippen LogP contribution in [0.4, 0.5) is 0 Å². The number of hydrogen-bond donors (Lipinski definition) is 3. The average molecular weight is 354 g/mol. The van der Waals surface area contributed by atoms with Crippen LogP contribution in [0.1, 0.15) is 18.9 Å². The third-order valence-corrected chi connectivity index (χ3v) is 4.45. The largest absolute Gasteiger partial charge is 0.484 e. The molecule has 0 aliphatic rings. The summed E-state index contributed by atoms with van der Waals surface area (Å²) in [7, 11) is -10.3. The molecule has 3 N–H and O–H groups in total. The Labute approximate surface area is 126 Å². The molecule has 0 heterocycles. The van der Waals surface area contributed by atoms with Crippen molar-refractivity contribution in [2.45, 2.75) is 26.1 Å². The van der Waals surface area contributed by atoms with Crippen LogP contribution in [0.2, 0.25) is 0 Å². The van der Waals surface area contributed by atoms with Gasteiger partial charge in [-0.3, -0.25) is 4.79 Å². The molecular formula is C11H16O9P2. The topological polar surface area (TPSA) is 140 Å². The molecule has 1 rings (SSSR count). The van der Waals surface area contributed by atoms with Crippen molar-refractivity contribution in [3.63, 3.8) is 0 Å². The van der Waals surface area contributed by atoms with Crippen LogP contribution >= 0.6 is 15.6 Å². The molecule has 0 bridgehead atoms. The lowest BCUT2D eigenvalue weighted by molar-refractivity contribution is -0.163. The number of carbonyl (C=O) groups excluding carboxylic acids is 1. The number of aryl methyl sites for hydroxylation is 1. The zero-order chi connectivity index (χ0) is 16.8. The highest BCUT2D eigenvalue weighted by Gasteiger charge is 2.36. The predicted molar refractivity (Wildman–Crippen MR) is 74.4 cm³/mol. The van der Waals surface area contributed by atoms with Crippen molar-refractivity contribution in [2.75, 3.05) is 0 Å². The van der Waals surface area contributed by atoms with Crippen molar-refractivity contribution in [1.82, 2.24) is 0 Å². The number of phosphoric ester groups is 1. The molecule has 1 aromatic carbocycles. The average Bonchev–Trinajstić information content (AvgIpc) is 2.33. The van der Waals surface area contributed by atoms with E-state index < -0.39 is 27.9 Å². The summed E-state index contributed by atoms with van der Waals surface area (Å²) >= 11 is 0. The Kier molecular flexibility index (Phi) is 6.90. The van der Waals surface area contributed by atoms with Gasteiger partial charge in [-0.1, -0.05) is 30.3 Å². The highest BCUT2D eigenvalue weighted by Crippen LogP contribution is 2.58. The Morgan fingerprint density at radius 1 is 1.18 bits per heavy atom. The summed E-state index contributed by atoms with van der Waals surface area (Å²) in [4.78, 5) is 37.3. The van der Waals surface area contributed by atoms with Crippen LogP contribution in [0, 0.1) is 0 Å². The minimum Gasteiger partial charge on any atom is -0.435 e. The van der Waals surface area contributed by atoms with E-state index in [2.05, 4.69) is 8.83 Å². The second-order valence-electron chi connectivity index (χ2n) is 4.21. The number of hydrogen-bond acceptors (Lipinski definition) is 6. The van der Waals surface area contributed by atoms with Crippen molar-refractivity contribution < 1.29 is 42.2 Å². The van der Waals surface area contributed by atoms with Gasteiger partial charge in [0.25, 0.3) is 0 Å². The molecule has 2 unspecified atom stereocenters. The van der Waals surface area contributed by atoms with E-state index in [0.29, 0.717) is 6.42 Å². The second-order valence-corrected chi connectivity index (χ2v) is 6.99. The SMILES string of the molecule is CC(=O)OC(CCc1ccccc1)OP(=O)(O)OP(=O)(O)O. The molecule has 11 heteroatoms. The van der Waals surface area contributed by atoms with Crippen LogP contribution in [-0.4, -0.2) is 26.9 Å². The van der Waals surface area contributed by atoms with Gasteiger partial charge in [0.15, 0.2) is 0 Å². The van der Waals surface area contributed by atoms with Gasteiger partial charge in [0.2, 0.25) is 6.29 Å². The molecule has 0 aliphatic carbocycles. The van der Waals surface area contributed by atoms with E-state index >= 15 is 0 Å². The molecule has 0 aromatic heterocycles. The van der Waals surface area contributed by atoms with Crippen molar-refractivity contribution in [2.24, 2.45) is 0 Å². The Morgan fingerprint density at radius 2 is 1.77 bits per heavy atom. The van der Waals surface area contributed by atoms with Crippen LogP contribution in [0.5, 0.6) is 0 Å². The number of phosphoric acid groups is 2. The van der Waals surface area contributed by atoms with Gasteiger partial charge in [-0.05, 0) is 12.0 Å². The van der Waals surface area contributed by atoms with Crippen molar-refractivity contribution in [1.29, 1.82) is 0 Å². The summed E-state index contributed by atoms with van der Waals surface area (Å²) < 4.78 is 34.9. The molecule has 22 heavy (non-hydrogen) atoms. The van der Waals surface area contributed by atoms with E-state index in [1.165, 1.54) is 0 Å². The summed E-state index contributed by atoms with van der Waals surface area (Å²) in [6.07, 6.45) is -1.15. The molecule has 0 amide bonds. The van der Waals surface area contributed by atoms with Gasteiger partial charge in [-0.25, -0.2) is 13.7 Å². The Hall–Kier alpha value is -1.05. The number of carbonyl (C=O) groups is 1. The molecule has 124 valence electrons. The zero-order valence-corrected chi connectivity index (χ0v) is 13.4. The summed E-state index contributed by atoms with van der Waals surface area (Å²) in [5.41, 5.74) is 0.854. The molecule has 1 aromatic rings. The molecule has 0 radical (unpaired) electrons. The van der Waals surface area contributed by atoms with Gasteiger partial charge in [0.05, 0.1) is 0 Å². The fourth-order valence-corrected chi connectivity index (χ4v) is 3.22. The maximum Gasteiger partial charge on any atom is 0.484 e. The van der Waals surface area contributed by atoms with Gasteiger partial charge in [-0.2, -0.15) is 4.31 Å². The normalized spacial score (nSPS) is 15.8. The monoisotopic (exact) mass is 354 g/mol. The van der Waals surface area contributed by atoms with Crippen molar-refractivity contribution >= 4 is 21.6 Å². The van der Waals surface area contributed by atoms with E-state index in [0.717, 1.165) is 12.5 Å². The molecule has 2 atom stereocenters. The summed E-state index contributed by atoms with van der Waals surface area (Å²) in [5, 5.41) is 0. The quantitative estimate of drug-likeness (QED) is 0.362. The lowest BCUT2D eigenvalue weighted by Gasteiger charge is -2.20. The van der Waals surface area contributed by atoms with E-state index in [1.807, 2.05) is 0 Å². The van der Waals surface area contributed by atoms with Crippen molar-refractivity contribution in [3.8, 4) is 0 Å². The third-order valence-electron chi connectivity index (χ3n) is 2.27.